The minimum absolute atomic E-state index is 0.0769. The lowest BCUT2D eigenvalue weighted by Crippen LogP contribution is -2.03. The number of rotatable bonds is 5. The summed E-state index contributed by atoms with van der Waals surface area (Å²) in [6.07, 6.45) is 5.63. The average Bonchev–Trinajstić information content (AvgIpc) is 3.05. The quantitative estimate of drug-likeness (QED) is 0.773. The molecule has 0 aliphatic carbocycles. The summed E-state index contributed by atoms with van der Waals surface area (Å²) in [4.78, 5) is 19.0. The average molecular weight is 296 g/mol. The lowest BCUT2D eigenvalue weighted by molar-refractivity contribution is 0.0697. The molecule has 0 saturated heterocycles. The van der Waals surface area contributed by atoms with E-state index in [4.69, 9.17) is 9.84 Å². The maximum absolute atomic E-state index is 10.8. The Hall–Kier alpha value is -3.22. The molecule has 0 bridgehead atoms. The van der Waals surface area contributed by atoms with Crippen molar-refractivity contribution in [3.63, 3.8) is 0 Å². The van der Waals surface area contributed by atoms with Gasteiger partial charge in [-0.3, -0.25) is 0 Å². The van der Waals surface area contributed by atoms with E-state index >= 15 is 0 Å². The molecule has 0 spiro atoms. The molecule has 0 saturated carbocycles. The number of ether oxygens (including phenoxy) is 1. The van der Waals surface area contributed by atoms with Crippen molar-refractivity contribution in [3.05, 3.63) is 66.2 Å². The van der Waals surface area contributed by atoms with Crippen LogP contribution in [0.15, 0.2) is 55.1 Å². The minimum Gasteiger partial charge on any atom is -0.486 e. The second kappa shape index (κ2) is 6.04. The Morgan fingerprint density at radius 3 is 2.50 bits per heavy atom. The first-order valence-electron chi connectivity index (χ1n) is 6.49. The monoisotopic (exact) mass is 296 g/mol. The highest BCUT2D eigenvalue weighted by Crippen LogP contribution is 2.11. The third kappa shape index (κ3) is 3.09. The van der Waals surface area contributed by atoms with Crippen molar-refractivity contribution in [3.8, 4) is 11.7 Å². The molecule has 7 heteroatoms. The summed E-state index contributed by atoms with van der Waals surface area (Å²) in [7, 11) is 0. The number of aromatic nitrogens is 4. The van der Waals surface area contributed by atoms with E-state index < -0.39 is 5.97 Å². The van der Waals surface area contributed by atoms with Crippen molar-refractivity contribution < 1.29 is 14.6 Å². The highest BCUT2D eigenvalue weighted by molar-refractivity contribution is 5.86. The van der Waals surface area contributed by atoms with Crippen molar-refractivity contribution in [2.45, 2.75) is 6.61 Å². The molecule has 3 aromatic rings. The van der Waals surface area contributed by atoms with Crippen LogP contribution in [0.4, 0.5) is 0 Å². The van der Waals surface area contributed by atoms with Crippen LogP contribution >= 0.6 is 0 Å². The SMILES string of the molecule is O=C(O)c1cnn(-c2ncc(OCc3ccccc3)cn2)c1. The smallest absolute Gasteiger partial charge is 0.338 e. The molecule has 3 rings (SSSR count). The number of carbonyl (C=O) groups is 1. The van der Waals surface area contributed by atoms with Crippen LogP contribution < -0.4 is 4.74 Å². The van der Waals surface area contributed by atoms with Gasteiger partial charge >= 0.3 is 5.97 Å². The third-order valence-corrected chi connectivity index (χ3v) is 2.90. The summed E-state index contributed by atoms with van der Waals surface area (Å²) in [5, 5.41) is 12.8. The topological polar surface area (TPSA) is 90.1 Å². The van der Waals surface area contributed by atoms with Gasteiger partial charge in [0.1, 0.15) is 6.61 Å². The van der Waals surface area contributed by atoms with E-state index in [1.165, 1.54) is 29.5 Å². The van der Waals surface area contributed by atoms with Crippen LogP contribution in [0, 0.1) is 0 Å². The first-order valence-corrected chi connectivity index (χ1v) is 6.49. The van der Waals surface area contributed by atoms with Crippen LogP contribution in [0.25, 0.3) is 5.95 Å². The predicted octanol–water partition coefficient (Wildman–Crippen LogP) is 1.94. The van der Waals surface area contributed by atoms with E-state index in [2.05, 4.69) is 15.1 Å². The lowest BCUT2D eigenvalue weighted by atomic mass is 10.2. The lowest BCUT2D eigenvalue weighted by Gasteiger charge is -2.06. The molecule has 0 amide bonds. The largest absolute Gasteiger partial charge is 0.486 e. The molecule has 22 heavy (non-hydrogen) atoms. The Morgan fingerprint density at radius 2 is 1.86 bits per heavy atom. The number of carboxylic acids is 1. The van der Waals surface area contributed by atoms with Gasteiger partial charge in [-0.15, -0.1) is 0 Å². The number of hydrogen-bond donors (Lipinski definition) is 1. The molecule has 0 aliphatic rings. The van der Waals surface area contributed by atoms with Crippen LogP contribution in [0.2, 0.25) is 0 Å². The number of carboxylic acid groups (broad SMARTS) is 1. The summed E-state index contributed by atoms with van der Waals surface area (Å²) in [6, 6.07) is 9.75. The molecule has 0 radical (unpaired) electrons. The van der Waals surface area contributed by atoms with Gasteiger partial charge in [0.05, 0.1) is 24.2 Å². The van der Waals surface area contributed by atoms with Crippen LogP contribution in [0.1, 0.15) is 15.9 Å². The molecule has 2 heterocycles. The number of hydrogen-bond acceptors (Lipinski definition) is 5. The molecule has 2 aromatic heterocycles. The van der Waals surface area contributed by atoms with Gasteiger partial charge in [-0.25, -0.2) is 19.4 Å². The highest BCUT2D eigenvalue weighted by atomic mass is 16.5. The number of aromatic carboxylic acids is 1. The second-order valence-electron chi connectivity index (χ2n) is 4.47. The molecule has 7 nitrogen and oxygen atoms in total. The molecule has 0 fully saturated rings. The van der Waals surface area contributed by atoms with E-state index in [-0.39, 0.29) is 11.5 Å². The first-order chi connectivity index (χ1) is 10.7. The molecule has 0 aliphatic heterocycles. The van der Waals surface area contributed by atoms with Gasteiger partial charge in [-0.2, -0.15) is 5.10 Å². The fraction of sp³-hybridized carbons (Fsp3) is 0.0667. The molecule has 1 aromatic carbocycles. The van der Waals surface area contributed by atoms with Crippen molar-refractivity contribution in [2.24, 2.45) is 0 Å². The van der Waals surface area contributed by atoms with Crippen LogP contribution in [-0.2, 0) is 6.61 Å². The standard InChI is InChI=1S/C15H12N4O3/c20-14(21)12-6-18-19(9-12)15-16-7-13(8-17-15)22-10-11-4-2-1-3-5-11/h1-9H,10H2,(H,20,21). The van der Waals surface area contributed by atoms with E-state index in [0.29, 0.717) is 12.4 Å². The van der Waals surface area contributed by atoms with Crippen LogP contribution in [-0.4, -0.2) is 30.8 Å². The fourth-order valence-corrected chi connectivity index (χ4v) is 1.79. The normalized spacial score (nSPS) is 10.4. The van der Waals surface area contributed by atoms with Crippen molar-refractivity contribution >= 4 is 5.97 Å². The first kappa shape index (κ1) is 13.7. The zero-order valence-corrected chi connectivity index (χ0v) is 11.5. The van der Waals surface area contributed by atoms with Gasteiger partial charge in [0.15, 0.2) is 5.75 Å². The van der Waals surface area contributed by atoms with Crippen molar-refractivity contribution in [1.82, 2.24) is 19.7 Å². The van der Waals surface area contributed by atoms with Gasteiger partial charge in [-0.05, 0) is 5.56 Å². The summed E-state index contributed by atoms with van der Waals surface area (Å²) >= 11 is 0. The van der Waals surface area contributed by atoms with E-state index in [1.807, 2.05) is 30.3 Å². The predicted molar refractivity (Wildman–Crippen MR) is 76.9 cm³/mol. The summed E-state index contributed by atoms with van der Waals surface area (Å²) in [5.74, 6) is -0.244. The van der Waals surface area contributed by atoms with Gasteiger partial charge in [0, 0.05) is 6.20 Å². The van der Waals surface area contributed by atoms with Crippen LogP contribution in [0.3, 0.4) is 0 Å². The Bertz CT molecular complexity index is 769. The number of benzene rings is 1. The van der Waals surface area contributed by atoms with Crippen molar-refractivity contribution in [1.29, 1.82) is 0 Å². The molecule has 0 unspecified atom stereocenters. The highest BCUT2D eigenvalue weighted by Gasteiger charge is 2.08. The summed E-state index contributed by atoms with van der Waals surface area (Å²) in [5.41, 5.74) is 1.12. The van der Waals surface area contributed by atoms with E-state index in [1.54, 1.807) is 0 Å². The zero-order valence-electron chi connectivity index (χ0n) is 11.5. The summed E-state index contributed by atoms with van der Waals surface area (Å²) < 4.78 is 6.87. The van der Waals surface area contributed by atoms with E-state index in [0.717, 1.165) is 5.56 Å². The fourth-order valence-electron chi connectivity index (χ4n) is 1.79. The molecule has 1 N–H and O–H groups in total. The van der Waals surface area contributed by atoms with Gasteiger partial charge < -0.3 is 9.84 Å². The van der Waals surface area contributed by atoms with Crippen molar-refractivity contribution in [2.75, 3.05) is 0 Å². The maximum Gasteiger partial charge on any atom is 0.338 e. The Labute approximate surface area is 125 Å². The molecule has 110 valence electrons. The molecular weight excluding hydrogens is 284 g/mol. The van der Waals surface area contributed by atoms with Gasteiger partial charge in [-0.1, -0.05) is 30.3 Å². The second-order valence-corrected chi connectivity index (χ2v) is 4.47. The maximum atomic E-state index is 10.8. The number of nitrogens with zero attached hydrogens (tertiary/aromatic N) is 4. The minimum atomic E-state index is -1.05. The third-order valence-electron chi connectivity index (χ3n) is 2.90. The Morgan fingerprint density at radius 1 is 1.14 bits per heavy atom. The van der Waals surface area contributed by atoms with Gasteiger partial charge in [0.2, 0.25) is 0 Å². The molecular formula is C15H12N4O3. The zero-order chi connectivity index (χ0) is 15.4. The van der Waals surface area contributed by atoms with E-state index in [9.17, 15) is 4.79 Å². The Kier molecular flexibility index (Phi) is 3.78. The molecule has 0 atom stereocenters. The van der Waals surface area contributed by atoms with Gasteiger partial charge in [0.25, 0.3) is 5.95 Å². The Balaban J connectivity index is 1.68. The summed E-state index contributed by atoms with van der Waals surface area (Å²) in [6.45, 7) is 0.425. The van der Waals surface area contributed by atoms with Crippen LogP contribution in [0.5, 0.6) is 5.75 Å².